The second-order valence-corrected chi connectivity index (χ2v) is 7.28. The summed E-state index contributed by atoms with van der Waals surface area (Å²) in [4.78, 5) is 44.8. The van der Waals surface area contributed by atoms with Crippen LogP contribution in [0.2, 0.25) is 0 Å². The van der Waals surface area contributed by atoms with E-state index in [9.17, 15) is 14.4 Å². The molecular formula is C20H24N4O4. The van der Waals surface area contributed by atoms with Crippen LogP contribution in [0.1, 0.15) is 19.3 Å². The van der Waals surface area contributed by atoms with Gasteiger partial charge in [0.1, 0.15) is 5.82 Å². The number of rotatable bonds is 5. The van der Waals surface area contributed by atoms with Gasteiger partial charge in [0.15, 0.2) is 0 Å². The third-order valence-corrected chi connectivity index (χ3v) is 5.55. The Bertz CT molecular complexity index is 760. The zero-order valence-corrected chi connectivity index (χ0v) is 15.7. The fourth-order valence-electron chi connectivity index (χ4n) is 3.98. The lowest BCUT2D eigenvalue weighted by atomic mass is 9.85. The highest BCUT2D eigenvalue weighted by molar-refractivity contribution is 6.05. The van der Waals surface area contributed by atoms with Crippen molar-refractivity contribution >= 4 is 29.2 Å². The number of hydrogen-bond acceptors (Lipinski definition) is 6. The maximum Gasteiger partial charge on any atom is 0.233 e. The van der Waals surface area contributed by atoms with Gasteiger partial charge in [-0.1, -0.05) is 12.2 Å². The lowest BCUT2D eigenvalue weighted by Gasteiger charge is -2.28. The maximum atomic E-state index is 12.4. The van der Waals surface area contributed by atoms with Crippen molar-refractivity contribution in [3.05, 3.63) is 30.5 Å². The number of anilines is 2. The molecule has 0 radical (unpaired) electrons. The SMILES string of the molecule is O=C(CCN1C(=O)[C@H]2CC=CC[C@H]2C1=O)Nc1ccc(N2CCOCC2)cn1. The Labute approximate surface area is 163 Å². The van der Waals surface area contributed by atoms with Crippen LogP contribution in [0.15, 0.2) is 30.5 Å². The molecule has 1 N–H and O–H groups in total. The van der Waals surface area contributed by atoms with Gasteiger partial charge in [0, 0.05) is 26.1 Å². The minimum absolute atomic E-state index is 0.0667. The molecule has 0 aromatic carbocycles. The molecule has 148 valence electrons. The molecule has 8 heteroatoms. The summed E-state index contributed by atoms with van der Waals surface area (Å²) in [5.41, 5.74) is 0.991. The summed E-state index contributed by atoms with van der Waals surface area (Å²) in [5.74, 6) is -0.621. The fourth-order valence-corrected chi connectivity index (χ4v) is 3.98. The van der Waals surface area contributed by atoms with Gasteiger partial charge in [-0.2, -0.15) is 0 Å². The largest absolute Gasteiger partial charge is 0.378 e. The molecule has 0 saturated carbocycles. The minimum atomic E-state index is -0.264. The van der Waals surface area contributed by atoms with Crippen molar-refractivity contribution in [1.29, 1.82) is 0 Å². The first kappa shape index (κ1) is 18.6. The van der Waals surface area contributed by atoms with Gasteiger partial charge in [-0.15, -0.1) is 0 Å². The fraction of sp³-hybridized carbons (Fsp3) is 0.500. The Morgan fingerprint density at radius 2 is 1.79 bits per heavy atom. The van der Waals surface area contributed by atoms with E-state index in [2.05, 4.69) is 15.2 Å². The van der Waals surface area contributed by atoms with Crippen LogP contribution in [0.25, 0.3) is 0 Å². The third-order valence-electron chi connectivity index (χ3n) is 5.55. The standard InChI is InChI=1S/C20H24N4O4/c25-18(7-8-24-19(26)15-3-1-2-4-16(15)20(24)27)22-17-6-5-14(13-21-17)23-9-11-28-12-10-23/h1-2,5-6,13,15-16H,3-4,7-12H2,(H,21,22,25)/t15-,16+. The van der Waals surface area contributed by atoms with Crippen molar-refractivity contribution in [2.24, 2.45) is 11.8 Å². The van der Waals surface area contributed by atoms with Crippen LogP contribution in [0.3, 0.4) is 0 Å². The average molecular weight is 384 g/mol. The molecule has 1 aromatic heterocycles. The number of morpholine rings is 1. The number of allylic oxidation sites excluding steroid dienone is 2. The Kier molecular flexibility index (Phi) is 5.38. The molecule has 28 heavy (non-hydrogen) atoms. The van der Waals surface area contributed by atoms with E-state index < -0.39 is 0 Å². The molecular weight excluding hydrogens is 360 g/mol. The first-order valence-corrected chi connectivity index (χ1v) is 9.72. The number of imide groups is 1. The summed E-state index contributed by atoms with van der Waals surface area (Å²) >= 11 is 0. The minimum Gasteiger partial charge on any atom is -0.378 e. The second-order valence-electron chi connectivity index (χ2n) is 7.28. The van der Waals surface area contributed by atoms with Crippen molar-refractivity contribution in [1.82, 2.24) is 9.88 Å². The van der Waals surface area contributed by atoms with Gasteiger partial charge in [0.2, 0.25) is 17.7 Å². The molecule has 0 unspecified atom stereocenters. The zero-order chi connectivity index (χ0) is 19.5. The van der Waals surface area contributed by atoms with Crippen molar-refractivity contribution in [2.75, 3.05) is 43.1 Å². The molecule has 8 nitrogen and oxygen atoms in total. The molecule has 2 saturated heterocycles. The number of fused-ring (bicyclic) bond motifs is 1. The molecule has 3 heterocycles. The summed E-state index contributed by atoms with van der Waals surface area (Å²) < 4.78 is 5.34. The normalized spacial score (nSPS) is 24.4. The summed E-state index contributed by atoms with van der Waals surface area (Å²) in [6.07, 6.45) is 6.92. The number of hydrogen-bond donors (Lipinski definition) is 1. The number of pyridine rings is 1. The molecule has 2 fully saturated rings. The topological polar surface area (TPSA) is 91.8 Å². The molecule has 1 aliphatic carbocycles. The molecule has 0 spiro atoms. The monoisotopic (exact) mass is 384 g/mol. The molecule has 4 rings (SSSR count). The summed E-state index contributed by atoms with van der Waals surface area (Å²) in [5, 5.41) is 2.73. The number of likely N-dealkylation sites (tertiary alicyclic amines) is 1. The summed E-state index contributed by atoms with van der Waals surface area (Å²) in [7, 11) is 0. The number of carbonyl (C=O) groups is 3. The van der Waals surface area contributed by atoms with Crippen LogP contribution in [0, 0.1) is 11.8 Å². The molecule has 2 aliphatic heterocycles. The summed E-state index contributed by atoms with van der Waals surface area (Å²) in [6, 6.07) is 3.67. The van der Waals surface area contributed by atoms with E-state index in [0.29, 0.717) is 31.9 Å². The van der Waals surface area contributed by atoms with Gasteiger partial charge in [-0.3, -0.25) is 19.3 Å². The quantitative estimate of drug-likeness (QED) is 0.606. The predicted molar refractivity (Wildman–Crippen MR) is 103 cm³/mol. The van der Waals surface area contributed by atoms with Crippen LogP contribution in [0.4, 0.5) is 11.5 Å². The van der Waals surface area contributed by atoms with E-state index in [1.54, 1.807) is 12.3 Å². The Morgan fingerprint density at radius 3 is 2.39 bits per heavy atom. The predicted octanol–water partition coefficient (Wildman–Crippen LogP) is 1.20. The third kappa shape index (κ3) is 3.77. The first-order chi connectivity index (χ1) is 13.6. The van der Waals surface area contributed by atoms with Crippen LogP contribution in [0.5, 0.6) is 0 Å². The molecule has 2 atom stereocenters. The van der Waals surface area contributed by atoms with Gasteiger partial charge < -0.3 is 15.0 Å². The summed E-state index contributed by atoms with van der Waals surface area (Å²) in [6.45, 7) is 3.16. The van der Waals surface area contributed by atoms with E-state index in [-0.39, 0.29) is 42.5 Å². The van der Waals surface area contributed by atoms with Gasteiger partial charge in [-0.05, 0) is 25.0 Å². The highest BCUT2D eigenvalue weighted by Crippen LogP contribution is 2.35. The van der Waals surface area contributed by atoms with Crippen molar-refractivity contribution in [3.63, 3.8) is 0 Å². The molecule has 3 amide bonds. The van der Waals surface area contributed by atoms with Gasteiger partial charge in [0.05, 0.1) is 36.9 Å². The van der Waals surface area contributed by atoms with Crippen LogP contribution in [-0.4, -0.2) is 60.5 Å². The van der Waals surface area contributed by atoms with E-state index in [1.807, 2.05) is 18.2 Å². The Hall–Kier alpha value is -2.74. The molecule has 0 bridgehead atoms. The van der Waals surface area contributed by atoms with Gasteiger partial charge >= 0.3 is 0 Å². The van der Waals surface area contributed by atoms with E-state index >= 15 is 0 Å². The lowest BCUT2D eigenvalue weighted by molar-refractivity contribution is -0.140. The van der Waals surface area contributed by atoms with Gasteiger partial charge in [-0.25, -0.2) is 4.98 Å². The van der Waals surface area contributed by atoms with E-state index in [1.165, 1.54) is 4.90 Å². The molecule has 3 aliphatic rings. The van der Waals surface area contributed by atoms with Crippen molar-refractivity contribution in [2.45, 2.75) is 19.3 Å². The van der Waals surface area contributed by atoms with Crippen molar-refractivity contribution in [3.8, 4) is 0 Å². The Balaban J connectivity index is 1.29. The van der Waals surface area contributed by atoms with E-state index in [4.69, 9.17) is 4.74 Å². The number of carbonyl (C=O) groups excluding carboxylic acids is 3. The smallest absolute Gasteiger partial charge is 0.233 e. The number of ether oxygens (including phenoxy) is 1. The van der Waals surface area contributed by atoms with Crippen LogP contribution >= 0.6 is 0 Å². The lowest BCUT2D eigenvalue weighted by Crippen LogP contribution is -2.36. The van der Waals surface area contributed by atoms with Gasteiger partial charge in [0.25, 0.3) is 0 Å². The number of nitrogens with one attached hydrogen (secondary N) is 1. The zero-order valence-electron chi connectivity index (χ0n) is 15.7. The van der Waals surface area contributed by atoms with Crippen LogP contribution < -0.4 is 10.2 Å². The number of nitrogens with zero attached hydrogens (tertiary/aromatic N) is 3. The second kappa shape index (κ2) is 8.10. The van der Waals surface area contributed by atoms with Crippen LogP contribution in [-0.2, 0) is 19.1 Å². The maximum absolute atomic E-state index is 12.4. The highest BCUT2D eigenvalue weighted by Gasteiger charge is 2.46. The molecule has 1 aromatic rings. The first-order valence-electron chi connectivity index (χ1n) is 9.72. The number of aromatic nitrogens is 1. The van der Waals surface area contributed by atoms with Crippen molar-refractivity contribution < 1.29 is 19.1 Å². The van der Waals surface area contributed by atoms with E-state index in [0.717, 1.165) is 18.8 Å². The number of amides is 3. The average Bonchev–Trinajstić information content (AvgIpc) is 2.98. The highest BCUT2D eigenvalue weighted by atomic mass is 16.5. The Morgan fingerprint density at radius 1 is 1.11 bits per heavy atom.